The number of amides is 1. The number of hydrogen-bond donors (Lipinski definition) is 1. The third-order valence-electron chi connectivity index (χ3n) is 5.03. The van der Waals surface area contributed by atoms with Crippen LogP contribution in [0, 0.1) is 0 Å². The van der Waals surface area contributed by atoms with Crippen LogP contribution in [0.3, 0.4) is 0 Å². The van der Waals surface area contributed by atoms with Crippen molar-refractivity contribution < 1.29 is 4.79 Å². The van der Waals surface area contributed by atoms with E-state index in [9.17, 15) is 4.79 Å². The Morgan fingerprint density at radius 2 is 1.88 bits per heavy atom. The van der Waals surface area contributed by atoms with Gasteiger partial charge < -0.3 is 5.32 Å². The number of benzene rings is 1. The van der Waals surface area contributed by atoms with E-state index >= 15 is 0 Å². The summed E-state index contributed by atoms with van der Waals surface area (Å²) in [6.45, 7) is 0. The smallest absolute Gasteiger partial charge is 0.253 e. The van der Waals surface area contributed by atoms with Crippen molar-refractivity contribution >= 4 is 39.1 Å². The van der Waals surface area contributed by atoms with Gasteiger partial charge in [0.2, 0.25) is 0 Å². The number of pyridine rings is 1. The molecule has 3 nitrogen and oxygen atoms in total. The van der Waals surface area contributed by atoms with Crippen LogP contribution in [0.25, 0.3) is 10.2 Å². The van der Waals surface area contributed by atoms with Gasteiger partial charge in [-0.05, 0) is 48.1 Å². The van der Waals surface area contributed by atoms with E-state index in [0.717, 1.165) is 41.5 Å². The van der Waals surface area contributed by atoms with Crippen LogP contribution in [0.2, 0.25) is 5.02 Å². The van der Waals surface area contributed by atoms with Gasteiger partial charge in [-0.3, -0.25) is 4.79 Å². The summed E-state index contributed by atoms with van der Waals surface area (Å²) < 4.78 is 0. The summed E-state index contributed by atoms with van der Waals surface area (Å²) in [6.07, 6.45) is 7.03. The van der Waals surface area contributed by atoms with E-state index < -0.39 is 0 Å². The van der Waals surface area contributed by atoms with Gasteiger partial charge in [0.25, 0.3) is 5.91 Å². The second-order valence-corrected chi connectivity index (χ2v) is 7.97. The van der Waals surface area contributed by atoms with Gasteiger partial charge >= 0.3 is 0 Å². The summed E-state index contributed by atoms with van der Waals surface area (Å²) in [7, 11) is 0. The van der Waals surface area contributed by atoms with Crippen molar-refractivity contribution in [3.63, 3.8) is 0 Å². The summed E-state index contributed by atoms with van der Waals surface area (Å²) in [6, 6.07) is 11.8. The number of nitrogens with one attached hydrogen (secondary N) is 1. The lowest BCUT2D eigenvalue weighted by atomic mass is 9.76. The third-order valence-corrected chi connectivity index (χ3v) is 6.11. The van der Waals surface area contributed by atoms with Gasteiger partial charge in [0.05, 0.1) is 11.1 Å². The summed E-state index contributed by atoms with van der Waals surface area (Å²) in [4.78, 5) is 18.3. The lowest BCUT2D eigenvalue weighted by molar-refractivity contribution is 0.0866. The molecular formula is C20H19ClN2OS. The van der Waals surface area contributed by atoms with E-state index in [2.05, 4.69) is 10.3 Å². The maximum atomic E-state index is 13.0. The van der Waals surface area contributed by atoms with E-state index in [4.69, 9.17) is 11.6 Å². The zero-order valence-corrected chi connectivity index (χ0v) is 15.4. The van der Waals surface area contributed by atoms with Gasteiger partial charge in [-0.15, -0.1) is 11.3 Å². The van der Waals surface area contributed by atoms with Crippen molar-refractivity contribution in [2.24, 2.45) is 0 Å². The molecule has 0 spiro atoms. The average Bonchev–Trinajstić information content (AvgIpc) is 3.10. The number of carbonyl (C=O) groups excluding carboxylic acids is 1. The van der Waals surface area contributed by atoms with Crippen molar-refractivity contribution in [3.8, 4) is 0 Å². The molecule has 1 aliphatic carbocycles. The van der Waals surface area contributed by atoms with Crippen LogP contribution in [0.5, 0.6) is 0 Å². The highest BCUT2D eigenvalue weighted by Gasteiger charge is 2.35. The fourth-order valence-electron chi connectivity index (χ4n) is 3.68. The molecule has 3 aromatic rings. The Hall–Kier alpha value is -1.91. The predicted molar refractivity (Wildman–Crippen MR) is 103 cm³/mol. The van der Waals surface area contributed by atoms with Gasteiger partial charge in [-0.25, -0.2) is 4.98 Å². The van der Waals surface area contributed by atoms with Crippen LogP contribution in [0.15, 0.2) is 48.0 Å². The first-order valence-electron chi connectivity index (χ1n) is 8.58. The molecule has 1 saturated carbocycles. The van der Waals surface area contributed by atoms with Crippen molar-refractivity contribution in [2.45, 2.75) is 37.6 Å². The van der Waals surface area contributed by atoms with Crippen LogP contribution in [-0.4, -0.2) is 10.9 Å². The predicted octanol–water partition coefficient (Wildman–Crippen LogP) is 5.54. The van der Waals surface area contributed by atoms with E-state index in [1.54, 1.807) is 17.5 Å². The van der Waals surface area contributed by atoms with Crippen molar-refractivity contribution in [1.29, 1.82) is 0 Å². The minimum Gasteiger partial charge on any atom is -0.342 e. The van der Waals surface area contributed by atoms with E-state index in [1.165, 1.54) is 6.42 Å². The normalized spacial score (nSPS) is 16.7. The van der Waals surface area contributed by atoms with Crippen LogP contribution in [0.1, 0.15) is 48.0 Å². The molecule has 1 N–H and O–H groups in total. The number of hydrogen-bond acceptors (Lipinski definition) is 3. The topological polar surface area (TPSA) is 42.0 Å². The van der Waals surface area contributed by atoms with E-state index in [-0.39, 0.29) is 11.4 Å². The zero-order valence-electron chi connectivity index (χ0n) is 13.8. The van der Waals surface area contributed by atoms with E-state index in [1.807, 2.05) is 41.8 Å². The molecule has 0 unspecified atom stereocenters. The lowest BCUT2D eigenvalue weighted by Crippen LogP contribution is -2.47. The highest BCUT2D eigenvalue weighted by Crippen LogP contribution is 2.38. The second-order valence-electron chi connectivity index (χ2n) is 6.64. The molecule has 0 bridgehead atoms. The Balaban J connectivity index is 1.65. The van der Waals surface area contributed by atoms with Crippen molar-refractivity contribution in [3.05, 3.63) is 64.1 Å². The number of aromatic nitrogens is 1. The molecule has 1 amide bonds. The molecule has 0 aliphatic heterocycles. The molecule has 1 aromatic carbocycles. The molecule has 25 heavy (non-hydrogen) atoms. The number of carbonyl (C=O) groups is 1. The highest BCUT2D eigenvalue weighted by atomic mass is 35.5. The van der Waals surface area contributed by atoms with E-state index in [0.29, 0.717) is 10.6 Å². The largest absolute Gasteiger partial charge is 0.342 e. The fraction of sp³-hybridized carbons (Fsp3) is 0.300. The molecule has 1 fully saturated rings. The summed E-state index contributed by atoms with van der Waals surface area (Å²) in [5.41, 5.74) is 1.43. The van der Waals surface area contributed by atoms with Gasteiger partial charge in [-0.2, -0.15) is 0 Å². The minimum absolute atomic E-state index is 0.0579. The number of nitrogens with zero attached hydrogens (tertiary/aromatic N) is 1. The van der Waals surface area contributed by atoms with Gasteiger partial charge in [0.15, 0.2) is 0 Å². The Morgan fingerprint density at radius 1 is 1.12 bits per heavy atom. The molecule has 0 saturated heterocycles. The molecule has 2 aromatic heterocycles. The number of rotatable bonds is 3. The Morgan fingerprint density at radius 3 is 2.64 bits per heavy atom. The summed E-state index contributed by atoms with van der Waals surface area (Å²) in [5.74, 6) is -0.0579. The standard InChI is InChI=1S/C20H19ClN2OS/c21-17-6-4-16(5-7-17)20(9-2-1-3-10-20)23-18(24)15-12-14-8-11-25-19(14)22-13-15/h4-8,11-13H,1-3,9-10H2,(H,23,24). The highest BCUT2D eigenvalue weighted by molar-refractivity contribution is 7.16. The Bertz CT molecular complexity index is 897. The molecular weight excluding hydrogens is 352 g/mol. The SMILES string of the molecule is O=C(NC1(c2ccc(Cl)cc2)CCCCC1)c1cnc2sccc2c1. The first kappa shape index (κ1) is 16.6. The van der Waals surface area contributed by atoms with Crippen LogP contribution in [-0.2, 0) is 5.54 Å². The van der Waals surface area contributed by atoms with Crippen LogP contribution < -0.4 is 5.32 Å². The molecule has 0 radical (unpaired) electrons. The Kier molecular flexibility index (Phi) is 4.48. The monoisotopic (exact) mass is 370 g/mol. The fourth-order valence-corrected chi connectivity index (χ4v) is 4.53. The van der Waals surface area contributed by atoms with Gasteiger partial charge in [0.1, 0.15) is 4.83 Å². The summed E-state index contributed by atoms with van der Waals surface area (Å²) >= 11 is 7.63. The first-order chi connectivity index (χ1) is 12.2. The maximum absolute atomic E-state index is 13.0. The maximum Gasteiger partial charge on any atom is 0.253 e. The Labute approximate surface area is 156 Å². The first-order valence-corrected chi connectivity index (χ1v) is 9.84. The van der Waals surface area contributed by atoms with Crippen molar-refractivity contribution in [1.82, 2.24) is 10.3 Å². The quantitative estimate of drug-likeness (QED) is 0.657. The van der Waals surface area contributed by atoms with Crippen LogP contribution in [0.4, 0.5) is 0 Å². The van der Waals surface area contributed by atoms with Crippen molar-refractivity contribution in [2.75, 3.05) is 0 Å². The van der Waals surface area contributed by atoms with Crippen LogP contribution >= 0.6 is 22.9 Å². The molecule has 128 valence electrons. The number of halogens is 1. The second kappa shape index (κ2) is 6.77. The zero-order chi connectivity index (χ0) is 17.3. The molecule has 2 heterocycles. The third kappa shape index (κ3) is 3.29. The minimum atomic E-state index is -0.316. The number of thiophene rings is 1. The molecule has 1 aliphatic rings. The molecule has 0 atom stereocenters. The summed E-state index contributed by atoms with van der Waals surface area (Å²) in [5, 5.41) is 7.05. The molecule has 5 heteroatoms. The average molecular weight is 371 g/mol. The lowest BCUT2D eigenvalue weighted by Gasteiger charge is -2.38. The van der Waals surface area contributed by atoms with Gasteiger partial charge in [-0.1, -0.05) is 43.0 Å². The number of fused-ring (bicyclic) bond motifs is 1. The van der Waals surface area contributed by atoms with Gasteiger partial charge in [0, 0.05) is 16.6 Å². The molecule has 4 rings (SSSR count).